The van der Waals surface area contributed by atoms with Crippen LogP contribution in [-0.2, 0) is 10.0 Å². The molecular weight excluding hydrogens is 267 g/mol. The Bertz CT molecular complexity index is 521. The van der Waals surface area contributed by atoms with Gasteiger partial charge in [0, 0.05) is 13.1 Å². The van der Waals surface area contributed by atoms with Crippen LogP contribution >= 0.6 is 0 Å². The minimum atomic E-state index is -3.59. The Morgan fingerprint density at radius 3 is 2.26 bits per heavy atom. The molecule has 19 heavy (non-hydrogen) atoms. The zero-order valence-corrected chi connectivity index (χ0v) is 12.6. The van der Waals surface area contributed by atoms with E-state index < -0.39 is 15.8 Å². The van der Waals surface area contributed by atoms with Crippen LogP contribution in [0.1, 0.15) is 18.1 Å². The number of nitrogens with one attached hydrogen (secondary N) is 1. The molecule has 0 atom stereocenters. The standard InChI is InChI=1S/C13H21FN2O2S/c1-5-16(4)7-6-15-19(17,18)13-10(2)8-12(14)9-11(13)3/h8-9,15H,5-7H2,1-4H3. The Morgan fingerprint density at radius 2 is 1.79 bits per heavy atom. The number of nitrogens with zero attached hydrogens (tertiary/aromatic N) is 1. The summed E-state index contributed by atoms with van der Waals surface area (Å²) in [6.07, 6.45) is 0. The van der Waals surface area contributed by atoms with Gasteiger partial charge in [-0.1, -0.05) is 6.92 Å². The van der Waals surface area contributed by atoms with Gasteiger partial charge in [-0.25, -0.2) is 17.5 Å². The number of aryl methyl sites for hydroxylation is 2. The number of hydrogen-bond acceptors (Lipinski definition) is 3. The van der Waals surface area contributed by atoms with Gasteiger partial charge in [0.2, 0.25) is 10.0 Å². The van der Waals surface area contributed by atoms with E-state index in [-0.39, 0.29) is 4.90 Å². The fourth-order valence-electron chi connectivity index (χ4n) is 1.92. The molecule has 0 amide bonds. The first-order chi connectivity index (χ1) is 8.77. The van der Waals surface area contributed by atoms with Crippen LogP contribution in [0.5, 0.6) is 0 Å². The van der Waals surface area contributed by atoms with Gasteiger partial charge in [0.1, 0.15) is 5.82 Å². The molecular formula is C13H21FN2O2S. The molecule has 0 bridgehead atoms. The molecule has 4 nitrogen and oxygen atoms in total. The van der Waals surface area contributed by atoms with Crippen molar-refractivity contribution >= 4 is 10.0 Å². The summed E-state index contributed by atoms with van der Waals surface area (Å²) in [5.41, 5.74) is 0.850. The van der Waals surface area contributed by atoms with Crippen molar-refractivity contribution in [3.8, 4) is 0 Å². The van der Waals surface area contributed by atoms with E-state index in [1.165, 1.54) is 12.1 Å². The molecule has 0 saturated heterocycles. The maximum Gasteiger partial charge on any atom is 0.241 e. The van der Waals surface area contributed by atoms with Crippen LogP contribution in [0.2, 0.25) is 0 Å². The molecule has 0 spiro atoms. The number of hydrogen-bond donors (Lipinski definition) is 1. The van der Waals surface area contributed by atoms with Crippen molar-refractivity contribution in [1.29, 1.82) is 0 Å². The first-order valence-corrected chi connectivity index (χ1v) is 7.71. The third kappa shape index (κ3) is 4.26. The lowest BCUT2D eigenvalue weighted by atomic mass is 10.1. The summed E-state index contributed by atoms with van der Waals surface area (Å²) < 4.78 is 40.1. The predicted octanol–water partition coefficient (Wildman–Crippen LogP) is 1.67. The van der Waals surface area contributed by atoms with Crippen molar-refractivity contribution < 1.29 is 12.8 Å². The molecule has 0 aliphatic rings. The highest BCUT2D eigenvalue weighted by atomic mass is 32.2. The van der Waals surface area contributed by atoms with E-state index in [0.717, 1.165) is 6.54 Å². The number of rotatable bonds is 6. The molecule has 0 fully saturated rings. The first-order valence-electron chi connectivity index (χ1n) is 6.23. The lowest BCUT2D eigenvalue weighted by Gasteiger charge is -2.16. The molecule has 0 aliphatic heterocycles. The van der Waals surface area contributed by atoms with Gasteiger partial charge >= 0.3 is 0 Å². The minimum absolute atomic E-state index is 0.174. The molecule has 0 unspecified atom stereocenters. The van der Waals surface area contributed by atoms with Gasteiger partial charge in [0.15, 0.2) is 0 Å². The summed E-state index contributed by atoms with van der Waals surface area (Å²) in [6, 6.07) is 2.47. The van der Waals surface area contributed by atoms with Gasteiger partial charge in [0.05, 0.1) is 4.90 Å². The zero-order valence-electron chi connectivity index (χ0n) is 11.8. The van der Waals surface area contributed by atoms with E-state index in [1.54, 1.807) is 13.8 Å². The van der Waals surface area contributed by atoms with Crippen LogP contribution in [0.15, 0.2) is 17.0 Å². The molecule has 1 N–H and O–H groups in total. The SMILES string of the molecule is CCN(C)CCNS(=O)(=O)c1c(C)cc(F)cc1C. The smallest absolute Gasteiger partial charge is 0.241 e. The van der Waals surface area contributed by atoms with E-state index in [2.05, 4.69) is 4.72 Å². The number of benzene rings is 1. The van der Waals surface area contributed by atoms with Crippen molar-refractivity contribution in [2.24, 2.45) is 0 Å². The molecule has 1 aromatic carbocycles. The second-order valence-corrected chi connectivity index (χ2v) is 6.37. The second-order valence-electron chi connectivity index (χ2n) is 4.66. The van der Waals surface area contributed by atoms with Gasteiger partial charge in [-0.2, -0.15) is 0 Å². The van der Waals surface area contributed by atoms with Crippen molar-refractivity contribution in [3.63, 3.8) is 0 Å². The van der Waals surface area contributed by atoms with Crippen LogP contribution in [0.4, 0.5) is 4.39 Å². The Kier molecular flexibility index (Phi) is 5.46. The molecule has 0 radical (unpaired) electrons. The normalized spacial score (nSPS) is 12.1. The van der Waals surface area contributed by atoms with Gasteiger partial charge in [-0.05, 0) is 50.7 Å². The van der Waals surface area contributed by atoms with Crippen LogP contribution in [0.25, 0.3) is 0 Å². The first kappa shape index (κ1) is 16.1. The predicted molar refractivity (Wildman–Crippen MR) is 74.2 cm³/mol. The van der Waals surface area contributed by atoms with Crippen molar-refractivity contribution in [2.45, 2.75) is 25.7 Å². The average molecular weight is 288 g/mol. The highest BCUT2D eigenvalue weighted by Crippen LogP contribution is 2.20. The zero-order chi connectivity index (χ0) is 14.6. The molecule has 6 heteroatoms. The van der Waals surface area contributed by atoms with Gasteiger partial charge in [-0.15, -0.1) is 0 Å². The number of likely N-dealkylation sites (N-methyl/N-ethyl adjacent to an activating group) is 1. The maximum atomic E-state index is 13.2. The fourth-order valence-corrected chi connectivity index (χ4v) is 3.39. The Balaban J connectivity index is 2.89. The van der Waals surface area contributed by atoms with Gasteiger partial charge < -0.3 is 4.90 Å². The van der Waals surface area contributed by atoms with E-state index >= 15 is 0 Å². The van der Waals surface area contributed by atoms with Crippen LogP contribution in [0.3, 0.4) is 0 Å². The Labute approximate surface area is 114 Å². The van der Waals surface area contributed by atoms with Crippen LogP contribution in [0, 0.1) is 19.7 Å². The molecule has 108 valence electrons. The fraction of sp³-hybridized carbons (Fsp3) is 0.538. The average Bonchev–Trinajstić information content (AvgIpc) is 2.26. The largest absolute Gasteiger partial charge is 0.305 e. The summed E-state index contributed by atoms with van der Waals surface area (Å²) >= 11 is 0. The highest BCUT2D eigenvalue weighted by Gasteiger charge is 2.19. The third-order valence-corrected chi connectivity index (χ3v) is 4.78. The van der Waals surface area contributed by atoms with E-state index in [0.29, 0.717) is 24.2 Å². The molecule has 0 aromatic heterocycles. The Morgan fingerprint density at radius 1 is 1.26 bits per heavy atom. The minimum Gasteiger partial charge on any atom is -0.305 e. The molecule has 0 heterocycles. The summed E-state index contributed by atoms with van der Waals surface area (Å²) in [4.78, 5) is 2.18. The lowest BCUT2D eigenvalue weighted by molar-refractivity contribution is 0.358. The quantitative estimate of drug-likeness (QED) is 0.866. The van der Waals surface area contributed by atoms with Crippen LogP contribution < -0.4 is 4.72 Å². The summed E-state index contributed by atoms with van der Waals surface area (Å²) in [5.74, 6) is -0.417. The van der Waals surface area contributed by atoms with E-state index in [1.807, 2.05) is 18.9 Å². The number of sulfonamides is 1. The maximum absolute atomic E-state index is 13.2. The topological polar surface area (TPSA) is 49.4 Å². The summed E-state index contributed by atoms with van der Waals surface area (Å²) in [5, 5.41) is 0. The molecule has 1 aromatic rings. The van der Waals surface area contributed by atoms with E-state index in [4.69, 9.17) is 0 Å². The number of halogens is 1. The van der Waals surface area contributed by atoms with Crippen molar-refractivity contribution in [1.82, 2.24) is 9.62 Å². The van der Waals surface area contributed by atoms with Crippen LogP contribution in [-0.4, -0.2) is 40.0 Å². The third-order valence-electron chi connectivity index (χ3n) is 3.02. The van der Waals surface area contributed by atoms with Gasteiger partial charge in [0.25, 0.3) is 0 Å². The summed E-state index contributed by atoms with van der Waals surface area (Å²) in [6.45, 7) is 7.03. The van der Waals surface area contributed by atoms with Crippen molar-refractivity contribution in [2.75, 3.05) is 26.7 Å². The summed E-state index contributed by atoms with van der Waals surface area (Å²) in [7, 11) is -1.67. The molecule has 0 saturated carbocycles. The monoisotopic (exact) mass is 288 g/mol. The second kappa shape index (κ2) is 6.45. The molecule has 0 aliphatic carbocycles. The van der Waals surface area contributed by atoms with E-state index in [9.17, 15) is 12.8 Å². The van der Waals surface area contributed by atoms with Gasteiger partial charge in [-0.3, -0.25) is 0 Å². The molecule has 1 rings (SSSR count). The van der Waals surface area contributed by atoms with Crippen molar-refractivity contribution in [3.05, 3.63) is 29.1 Å². The Hall–Kier alpha value is -0.980. The lowest BCUT2D eigenvalue weighted by Crippen LogP contribution is -2.33. The highest BCUT2D eigenvalue weighted by molar-refractivity contribution is 7.89.